The van der Waals surface area contributed by atoms with Gasteiger partial charge in [-0.05, 0) is 17.7 Å². The third-order valence-electron chi connectivity index (χ3n) is 3.41. The molecular weight excluding hydrogens is 292 g/mol. The van der Waals surface area contributed by atoms with Gasteiger partial charge in [-0.25, -0.2) is 14.5 Å². The lowest BCUT2D eigenvalue weighted by Gasteiger charge is -2.14. The fourth-order valence-electron chi connectivity index (χ4n) is 2.36. The Balaban J connectivity index is 2.16. The maximum absolute atomic E-state index is 11.9. The van der Waals surface area contributed by atoms with Gasteiger partial charge >= 0.3 is 12.2 Å². The lowest BCUT2D eigenvalue weighted by atomic mass is 9.98. The molecule has 1 aromatic carbocycles. The van der Waals surface area contributed by atoms with Crippen molar-refractivity contribution in [2.45, 2.75) is 12.3 Å². The van der Waals surface area contributed by atoms with Crippen molar-refractivity contribution in [2.75, 3.05) is 20.8 Å². The number of primary amides is 1. The predicted molar refractivity (Wildman–Crippen MR) is 74.7 cm³/mol. The SMILES string of the molecule is COc1ccc(C2CC(=O)N(C(=O)OC(N)=O)C2)cc1OC. The first-order valence-corrected chi connectivity index (χ1v) is 6.49. The van der Waals surface area contributed by atoms with Crippen molar-refractivity contribution in [3.05, 3.63) is 23.8 Å². The molecule has 0 aliphatic carbocycles. The Hall–Kier alpha value is -2.77. The second kappa shape index (κ2) is 6.33. The highest BCUT2D eigenvalue weighted by molar-refractivity contribution is 5.97. The van der Waals surface area contributed by atoms with Crippen LogP contribution < -0.4 is 15.2 Å². The maximum atomic E-state index is 11.9. The Labute approximate surface area is 126 Å². The van der Waals surface area contributed by atoms with Crippen LogP contribution in [-0.4, -0.2) is 43.8 Å². The van der Waals surface area contributed by atoms with Crippen LogP contribution in [0.25, 0.3) is 0 Å². The molecule has 8 heteroatoms. The molecule has 1 saturated heterocycles. The Bertz CT molecular complexity index is 615. The number of hydrogen-bond acceptors (Lipinski definition) is 6. The maximum Gasteiger partial charge on any atom is 0.425 e. The van der Waals surface area contributed by atoms with Crippen molar-refractivity contribution in [1.29, 1.82) is 0 Å². The van der Waals surface area contributed by atoms with Gasteiger partial charge in [0.25, 0.3) is 0 Å². The van der Waals surface area contributed by atoms with Crippen molar-refractivity contribution < 1.29 is 28.6 Å². The highest BCUT2D eigenvalue weighted by Crippen LogP contribution is 2.34. The summed E-state index contributed by atoms with van der Waals surface area (Å²) in [6.07, 6.45) is -2.17. The van der Waals surface area contributed by atoms with E-state index in [0.717, 1.165) is 10.5 Å². The first kappa shape index (κ1) is 15.6. The van der Waals surface area contributed by atoms with Gasteiger partial charge in [0, 0.05) is 18.9 Å². The predicted octanol–water partition coefficient (Wildman–Crippen LogP) is 1.24. The molecule has 0 saturated carbocycles. The summed E-state index contributed by atoms with van der Waals surface area (Å²) in [4.78, 5) is 34.9. The fourth-order valence-corrected chi connectivity index (χ4v) is 2.36. The topological polar surface area (TPSA) is 108 Å². The summed E-state index contributed by atoms with van der Waals surface area (Å²) in [6, 6.07) is 5.27. The van der Waals surface area contributed by atoms with Gasteiger partial charge in [0.05, 0.1) is 14.2 Å². The zero-order valence-corrected chi connectivity index (χ0v) is 12.2. The van der Waals surface area contributed by atoms with Crippen LogP contribution in [0, 0.1) is 0 Å². The molecule has 1 aliphatic rings. The van der Waals surface area contributed by atoms with E-state index in [1.165, 1.54) is 14.2 Å². The van der Waals surface area contributed by atoms with E-state index in [9.17, 15) is 14.4 Å². The molecule has 1 heterocycles. The van der Waals surface area contributed by atoms with Gasteiger partial charge in [0.1, 0.15) is 0 Å². The molecular formula is C14H16N2O6. The van der Waals surface area contributed by atoms with Gasteiger partial charge in [-0.15, -0.1) is 0 Å². The number of nitrogens with two attached hydrogens (primary N) is 1. The van der Waals surface area contributed by atoms with Crippen LogP contribution in [0.1, 0.15) is 17.9 Å². The molecule has 0 radical (unpaired) electrons. The summed E-state index contributed by atoms with van der Waals surface area (Å²) < 4.78 is 14.6. The highest BCUT2D eigenvalue weighted by Gasteiger charge is 2.36. The second-order valence-corrected chi connectivity index (χ2v) is 4.71. The van der Waals surface area contributed by atoms with Gasteiger partial charge < -0.3 is 19.9 Å². The molecule has 8 nitrogen and oxygen atoms in total. The Morgan fingerprint density at radius 3 is 2.50 bits per heavy atom. The number of carbonyl (C=O) groups is 3. The van der Waals surface area contributed by atoms with E-state index in [2.05, 4.69) is 4.74 Å². The smallest absolute Gasteiger partial charge is 0.425 e. The van der Waals surface area contributed by atoms with Gasteiger partial charge in [0.15, 0.2) is 11.5 Å². The molecule has 1 aromatic rings. The normalized spacial score (nSPS) is 17.3. The number of rotatable bonds is 3. The average molecular weight is 308 g/mol. The minimum atomic E-state index is -1.24. The van der Waals surface area contributed by atoms with Crippen LogP contribution in [0.2, 0.25) is 0 Å². The summed E-state index contributed by atoms with van der Waals surface area (Å²) in [7, 11) is 3.04. The summed E-state index contributed by atoms with van der Waals surface area (Å²) in [5, 5.41) is 0. The summed E-state index contributed by atoms with van der Waals surface area (Å²) in [5.41, 5.74) is 5.59. The Morgan fingerprint density at radius 2 is 1.91 bits per heavy atom. The van der Waals surface area contributed by atoms with Crippen LogP contribution in [0.5, 0.6) is 11.5 Å². The van der Waals surface area contributed by atoms with E-state index >= 15 is 0 Å². The molecule has 1 unspecified atom stereocenters. The lowest BCUT2D eigenvalue weighted by Crippen LogP contribution is -2.35. The Morgan fingerprint density at radius 1 is 1.23 bits per heavy atom. The number of ether oxygens (including phenoxy) is 3. The monoisotopic (exact) mass is 308 g/mol. The number of nitrogens with zero attached hydrogens (tertiary/aromatic N) is 1. The van der Waals surface area contributed by atoms with Crippen molar-refractivity contribution in [2.24, 2.45) is 5.73 Å². The van der Waals surface area contributed by atoms with Crippen LogP contribution >= 0.6 is 0 Å². The second-order valence-electron chi connectivity index (χ2n) is 4.71. The van der Waals surface area contributed by atoms with E-state index in [-0.39, 0.29) is 18.9 Å². The number of hydrogen-bond donors (Lipinski definition) is 1. The van der Waals surface area contributed by atoms with Crippen LogP contribution in [0.15, 0.2) is 18.2 Å². The number of likely N-dealkylation sites (tertiary alicyclic amines) is 1. The zero-order valence-electron chi connectivity index (χ0n) is 12.2. The van der Waals surface area contributed by atoms with E-state index in [1.807, 2.05) is 0 Å². The molecule has 2 rings (SSSR count). The fraction of sp³-hybridized carbons (Fsp3) is 0.357. The molecule has 0 bridgehead atoms. The molecule has 2 N–H and O–H groups in total. The number of benzene rings is 1. The summed E-state index contributed by atoms with van der Waals surface area (Å²) in [5.74, 6) is 0.463. The largest absolute Gasteiger partial charge is 0.493 e. The van der Waals surface area contributed by atoms with Gasteiger partial charge in [-0.3, -0.25) is 4.79 Å². The van der Waals surface area contributed by atoms with Crippen molar-refractivity contribution in [3.63, 3.8) is 0 Å². The number of carbonyl (C=O) groups excluding carboxylic acids is 3. The Kier molecular flexibility index (Phi) is 4.50. The minimum absolute atomic E-state index is 0.112. The van der Waals surface area contributed by atoms with Gasteiger partial charge in [0.2, 0.25) is 5.91 Å². The van der Waals surface area contributed by atoms with E-state index < -0.39 is 18.1 Å². The third-order valence-corrected chi connectivity index (χ3v) is 3.41. The van der Waals surface area contributed by atoms with Crippen LogP contribution in [0.3, 0.4) is 0 Å². The minimum Gasteiger partial charge on any atom is -0.493 e. The summed E-state index contributed by atoms with van der Waals surface area (Å²) >= 11 is 0. The first-order chi connectivity index (χ1) is 10.5. The lowest BCUT2D eigenvalue weighted by molar-refractivity contribution is -0.125. The average Bonchev–Trinajstić information content (AvgIpc) is 2.87. The molecule has 0 spiro atoms. The van der Waals surface area contributed by atoms with E-state index in [1.54, 1.807) is 18.2 Å². The van der Waals surface area contributed by atoms with Crippen molar-refractivity contribution in [3.8, 4) is 11.5 Å². The summed E-state index contributed by atoms with van der Waals surface area (Å²) in [6.45, 7) is 0.112. The number of amides is 3. The van der Waals surface area contributed by atoms with Gasteiger partial charge in [-0.1, -0.05) is 6.07 Å². The molecule has 0 aromatic heterocycles. The zero-order chi connectivity index (χ0) is 16.3. The molecule has 118 valence electrons. The third kappa shape index (κ3) is 3.11. The number of methoxy groups -OCH3 is 2. The van der Waals surface area contributed by atoms with Crippen molar-refractivity contribution in [1.82, 2.24) is 4.90 Å². The molecule has 22 heavy (non-hydrogen) atoms. The van der Waals surface area contributed by atoms with Crippen molar-refractivity contribution >= 4 is 18.1 Å². The first-order valence-electron chi connectivity index (χ1n) is 6.49. The molecule has 1 atom stereocenters. The quantitative estimate of drug-likeness (QED) is 0.841. The standard InChI is InChI=1S/C14H16N2O6/c1-20-10-4-3-8(5-11(10)21-2)9-6-12(17)16(7-9)14(19)22-13(15)18/h3-5,9H,6-7H2,1-2H3,(H2,15,18). The van der Waals surface area contributed by atoms with Crippen LogP contribution in [-0.2, 0) is 9.53 Å². The molecule has 1 fully saturated rings. The highest BCUT2D eigenvalue weighted by atomic mass is 16.6. The van der Waals surface area contributed by atoms with E-state index in [0.29, 0.717) is 11.5 Å². The van der Waals surface area contributed by atoms with Gasteiger partial charge in [-0.2, -0.15) is 0 Å². The molecule has 1 aliphatic heterocycles. The van der Waals surface area contributed by atoms with E-state index in [4.69, 9.17) is 15.2 Å². The molecule has 3 amide bonds. The van der Waals surface area contributed by atoms with Crippen LogP contribution in [0.4, 0.5) is 9.59 Å². The number of imide groups is 1.